The highest BCUT2D eigenvalue weighted by Gasteiger charge is 2.25. The van der Waals surface area contributed by atoms with Crippen LogP contribution in [0.5, 0.6) is 0 Å². The molecule has 2 aromatic heterocycles. The number of benzene rings is 1. The average molecular weight is 355 g/mol. The molecule has 1 unspecified atom stereocenters. The Hall–Kier alpha value is -2.76. The molecule has 2 heterocycles. The van der Waals surface area contributed by atoms with E-state index in [1.54, 1.807) is 31.0 Å². The molecular weight excluding hydrogens is 333 g/mol. The minimum atomic E-state index is -0.291. The van der Waals surface area contributed by atoms with Gasteiger partial charge in [0.1, 0.15) is 5.82 Å². The first-order valence-electron chi connectivity index (χ1n) is 8.74. The fraction of sp³-hybridized carbons (Fsp3) is 0.350. The summed E-state index contributed by atoms with van der Waals surface area (Å²) in [4.78, 5) is 19.4. The van der Waals surface area contributed by atoms with Gasteiger partial charge in [0, 0.05) is 12.7 Å². The monoisotopic (exact) mass is 355 g/mol. The maximum Gasteiger partial charge on any atom is 0.258 e. The molecule has 3 aromatic rings. The summed E-state index contributed by atoms with van der Waals surface area (Å²) in [5.74, 6) is -0.421. The predicted octanol–water partition coefficient (Wildman–Crippen LogP) is 4.46. The van der Waals surface area contributed by atoms with Crippen LogP contribution in [-0.4, -0.2) is 28.0 Å². The molecule has 0 bridgehead atoms. The molecule has 1 aromatic carbocycles. The highest BCUT2D eigenvalue weighted by Crippen LogP contribution is 2.28. The summed E-state index contributed by atoms with van der Waals surface area (Å²) in [6, 6.07) is 7.93. The van der Waals surface area contributed by atoms with Crippen molar-refractivity contribution >= 4 is 17.0 Å². The SMILES string of the molecule is CCc1cc(C(=O)N(C)C(CC)c2ccc(F)cc2)c2c(C)noc2n1. The summed E-state index contributed by atoms with van der Waals surface area (Å²) in [7, 11) is 1.76. The molecule has 3 rings (SSSR count). The van der Waals surface area contributed by atoms with Crippen molar-refractivity contribution in [2.24, 2.45) is 0 Å². The van der Waals surface area contributed by atoms with Gasteiger partial charge >= 0.3 is 0 Å². The van der Waals surface area contributed by atoms with Crippen molar-refractivity contribution in [3.63, 3.8) is 0 Å². The van der Waals surface area contributed by atoms with E-state index in [-0.39, 0.29) is 17.8 Å². The molecule has 1 amide bonds. The minimum absolute atomic E-state index is 0.130. The van der Waals surface area contributed by atoms with Crippen LogP contribution in [0.2, 0.25) is 0 Å². The van der Waals surface area contributed by atoms with E-state index < -0.39 is 0 Å². The number of carbonyl (C=O) groups excluding carboxylic acids is 1. The van der Waals surface area contributed by atoms with Crippen LogP contribution in [0, 0.1) is 12.7 Å². The van der Waals surface area contributed by atoms with E-state index >= 15 is 0 Å². The van der Waals surface area contributed by atoms with Crippen molar-refractivity contribution in [1.82, 2.24) is 15.0 Å². The Bertz CT molecular complexity index is 934. The molecule has 6 heteroatoms. The predicted molar refractivity (Wildman–Crippen MR) is 97.4 cm³/mol. The maximum atomic E-state index is 13.3. The van der Waals surface area contributed by atoms with Crippen molar-refractivity contribution in [3.8, 4) is 0 Å². The number of fused-ring (bicyclic) bond motifs is 1. The standard InChI is InChI=1S/C20H22FN3O2/c1-5-15-11-16(18-12(3)23-26-19(18)22-15)20(25)24(4)17(6-2)13-7-9-14(21)10-8-13/h7-11,17H,5-6H2,1-4H3. The lowest BCUT2D eigenvalue weighted by molar-refractivity contribution is 0.0728. The largest absolute Gasteiger partial charge is 0.336 e. The number of hydrogen-bond donors (Lipinski definition) is 0. The lowest BCUT2D eigenvalue weighted by Crippen LogP contribution is -2.31. The molecule has 26 heavy (non-hydrogen) atoms. The number of rotatable bonds is 5. The molecule has 136 valence electrons. The smallest absolute Gasteiger partial charge is 0.258 e. The van der Waals surface area contributed by atoms with Crippen LogP contribution in [0.1, 0.15) is 53.6 Å². The Balaban J connectivity index is 2.03. The zero-order valence-electron chi connectivity index (χ0n) is 15.4. The van der Waals surface area contributed by atoms with Crippen molar-refractivity contribution in [2.75, 3.05) is 7.05 Å². The van der Waals surface area contributed by atoms with Crippen molar-refractivity contribution in [3.05, 3.63) is 58.7 Å². The second kappa shape index (κ2) is 7.23. The van der Waals surface area contributed by atoms with Crippen LogP contribution >= 0.6 is 0 Å². The topological polar surface area (TPSA) is 59.2 Å². The number of amides is 1. The third kappa shape index (κ3) is 3.19. The van der Waals surface area contributed by atoms with E-state index in [4.69, 9.17) is 4.52 Å². The zero-order chi connectivity index (χ0) is 18.8. The van der Waals surface area contributed by atoms with Gasteiger partial charge in [0.2, 0.25) is 0 Å². The van der Waals surface area contributed by atoms with Gasteiger partial charge in [-0.05, 0) is 43.5 Å². The summed E-state index contributed by atoms with van der Waals surface area (Å²) in [6.07, 6.45) is 1.40. The maximum absolute atomic E-state index is 13.3. The zero-order valence-corrected chi connectivity index (χ0v) is 15.4. The summed E-state index contributed by atoms with van der Waals surface area (Å²) in [5.41, 5.74) is 3.23. The third-order valence-corrected chi connectivity index (χ3v) is 4.69. The van der Waals surface area contributed by atoms with Crippen LogP contribution in [0.15, 0.2) is 34.9 Å². The van der Waals surface area contributed by atoms with Crippen molar-refractivity contribution < 1.29 is 13.7 Å². The Morgan fingerprint density at radius 3 is 2.58 bits per heavy atom. The number of pyridine rings is 1. The van der Waals surface area contributed by atoms with Crippen molar-refractivity contribution in [1.29, 1.82) is 0 Å². The second-order valence-corrected chi connectivity index (χ2v) is 6.35. The van der Waals surface area contributed by atoms with E-state index in [9.17, 15) is 9.18 Å². The van der Waals surface area contributed by atoms with Gasteiger partial charge in [-0.25, -0.2) is 9.37 Å². The molecule has 0 saturated carbocycles. The average Bonchev–Trinajstić information content (AvgIpc) is 3.03. The molecule has 5 nitrogen and oxygen atoms in total. The fourth-order valence-electron chi connectivity index (χ4n) is 3.25. The highest BCUT2D eigenvalue weighted by molar-refractivity contribution is 6.06. The molecule has 0 aliphatic rings. The normalized spacial score (nSPS) is 12.3. The van der Waals surface area contributed by atoms with Gasteiger partial charge in [-0.3, -0.25) is 4.79 Å². The Morgan fingerprint density at radius 1 is 1.27 bits per heavy atom. The van der Waals surface area contributed by atoms with Crippen LogP contribution < -0.4 is 0 Å². The number of aromatic nitrogens is 2. The van der Waals surface area contributed by atoms with Gasteiger partial charge < -0.3 is 9.42 Å². The minimum Gasteiger partial charge on any atom is -0.336 e. The molecule has 0 N–H and O–H groups in total. The molecule has 0 aliphatic carbocycles. The van der Waals surface area contributed by atoms with Crippen molar-refractivity contribution in [2.45, 2.75) is 39.7 Å². The van der Waals surface area contributed by atoms with Crippen LogP contribution in [-0.2, 0) is 6.42 Å². The first kappa shape index (κ1) is 18.0. The number of aryl methyl sites for hydroxylation is 2. The highest BCUT2D eigenvalue weighted by atomic mass is 19.1. The van der Waals surface area contributed by atoms with E-state index in [2.05, 4.69) is 10.1 Å². The van der Waals surface area contributed by atoms with Gasteiger partial charge in [-0.2, -0.15) is 0 Å². The summed E-state index contributed by atoms with van der Waals surface area (Å²) >= 11 is 0. The molecule has 0 radical (unpaired) electrons. The van der Waals surface area contributed by atoms with Gasteiger partial charge in [0.05, 0.1) is 22.7 Å². The van der Waals surface area contributed by atoms with Gasteiger partial charge in [0.15, 0.2) is 0 Å². The molecule has 0 spiro atoms. The van der Waals surface area contributed by atoms with Crippen LogP contribution in [0.25, 0.3) is 11.1 Å². The molecule has 0 aliphatic heterocycles. The summed E-state index contributed by atoms with van der Waals surface area (Å²) in [5, 5.41) is 4.60. The number of halogens is 1. The number of nitrogens with zero attached hydrogens (tertiary/aromatic N) is 3. The Labute approximate surface area is 151 Å². The lowest BCUT2D eigenvalue weighted by Gasteiger charge is -2.28. The van der Waals surface area contributed by atoms with Gasteiger partial charge in [0.25, 0.3) is 11.6 Å². The Kier molecular flexibility index (Phi) is 5.02. The second-order valence-electron chi connectivity index (χ2n) is 6.35. The summed E-state index contributed by atoms with van der Waals surface area (Å²) in [6.45, 7) is 5.78. The molecule has 1 atom stereocenters. The fourth-order valence-corrected chi connectivity index (χ4v) is 3.25. The third-order valence-electron chi connectivity index (χ3n) is 4.69. The molecule has 0 saturated heterocycles. The Morgan fingerprint density at radius 2 is 1.96 bits per heavy atom. The van der Waals surface area contributed by atoms with E-state index in [1.807, 2.05) is 19.9 Å². The molecular formula is C20H22FN3O2. The summed E-state index contributed by atoms with van der Waals surface area (Å²) < 4.78 is 18.5. The lowest BCUT2D eigenvalue weighted by atomic mass is 10.0. The van der Waals surface area contributed by atoms with E-state index in [1.165, 1.54) is 12.1 Å². The van der Waals surface area contributed by atoms with Gasteiger partial charge in [-0.15, -0.1) is 0 Å². The van der Waals surface area contributed by atoms with Crippen LogP contribution in [0.4, 0.5) is 4.39 Å². The van der Waals surface area contributed by atoms with E-state index in [0.717, 1.165) is 11.3 Å². The number of carbonyl (C=O) groups is 1. The molecule has 0 fully saturated rings. The van der Waals surface area contributed by atoms with E-state index in [0.29, 0.717) is 35.2 Å². The van der Waals surface area contributed by atoms with Gasteiger partial charge in [-0.1, -0.05) is 31.1 Å². The quantitative estimate of drug-likeness (QED) is 0.678. The first-order chi connectivity index (χ1) is 12.5. The number of hydrogen-bond acceptors (Lipinski definition) is 4. The first-order valence-corrected chi connectivity index (χ1v) is 8.74. The van der Waals surface area contributed by atoms with Crippen LogP contribution in [0.3, 0.4) is 0 Å².